The van der Waals surface area contributed by atoms with Gasteiger partial charge in [-0.2, -0.15) is 4.98 Å². The van der Waals surface area contributed by atoms with E-state index in [1.54, 1.807) is 0 Å². The van der Waals surface area contributed by atoms with Crippen molar-refractivity contribution in [2.45, 2.75) is 82.8 Å². The van der Waals surface area contributed by atoms with Crippen molar-refractivity contribution in [1.29, 1.82) is 0 Å². The molecule has 1 saturated heterocycles. The van der Waals surface area contributed by atoms with Crippen LogP contribution in [0.3, 0.4) is 0 Å². The van der Waals surface area contributed by atoms with Crippen molar-refractivity contribution >= 4 is 22.7 Å². The quantitative estimate of drug-likeness (QED) is 0.199. The summed E-state index contributed by atoms with van der Waals surface area (Å²) in [5.41, 5.74) is 1.80. The number of piperidine rings is 1. The van der Waals surface area contributed by atoms with Crippen LogP contribution in [0.1, 0.15) is 69.2 Å². The lowest BCUT2D eigenvalue weighted by Gasteiger charge is -2.25. The zero-order chi connectivity index (χ0) is 25.8. The predicted molar refractivity (Wildman–Crippen MR) is 154 cm³/mol. The van der Waals surface area contributed by atoms with E-state index in [2.05, 4.69) is 37.8 Å². The van der Waals surface area contributed by atoms with Crippen LogP contribution in [-0.4, -0.2) is 59.9 Å². The monoisotopic (exact) mass is 520 g/mol. The Bertz CT molecular complexity index is 1110. The van der Waals surface area contributed by atoms with Gasteiger partial charge in [0.15, 0.2) is 0 Å². The van der Waals surface area contributed by atoms with E-state index in [4.69, 9.17) is 14.5 Å². The summed E-state index contributed by atoms with van der Waals surface area (Å²) in [7, 11) is 0. The Kier molecular flexibility index (Phi) is 10.2. The Balaban J connectivity index is 1.03. The van der Waals surface area contributed by atoms with Crippen LogP contribution in [0.15, 0.2) is 34.9 Å². The highest BCUT2D eigenvalue weighted by atomic mass is 16.5. The molecule has 1 aliphatic heterocycles. The maximum absolute atomic E-state index is 5.57. The number of hydrogen-bond acceptors (Lipinski definition) is 9. The fourth-order valence-electron chi connectivity index (χ4n) is 5.49. The van der Waals surface area contributed by atoms with Crippen LogP contribution in [0, 0.1) is 0 Å². The fraction of sp³-hybridized carbons (Fsp3) is 0.621. The van der Waals surface area contributed by atoms with Crippen molar-refractivity contribution in [3.05, 3.63) is 41.8 Å². The van der Waals surface area contributed by atoms with E-state index in [1.807, 2.05) is 24.3 Å². The van der Waals surface area contributed by atoms with E-state index >= 15 is 0 Å². The number of hydrogen-bond donors (Lipinski definition) is 5. The second-order valence-corrected chi connectivity index (χ2v) is 10.7. The summed E-state index contributed by atoms with van der Waals surface area (Å²) in [4.78, 5) is 9.53. The first-order chi connectivity index (χ1) is 18.8. The highest BCUT2D eigenvalue weighted by molar-refractivity contribution is 5.90. The molecule has 1 saturated carbocycles. The van der Waals surface area contributed by atoms with Crippen molar-refractivity contribution < 1.29 is 4.52 Å². The molecule has 3 heterocycles. The minimum atomic E-state index is 0.424. The number of benzene rings is 1. The minimum absolute atomic E-state index is 0.424. The molecule has 5 rings (SSSR count). The van der Waals surface area contributed by atoms with Crippen molar-refractivity contribution in [3.8, 4) is 0 Å². The van der Waals surface area contributed by atoms with Crippen LogP contribution in [-0.2, 0) is 13.0 Å². The van der Waals surface area contributed by atoms with Crippen molar-refractivity contribution in [2.24, 2.45) is 0 Å². The lowest BCUT2D eigenvalue weighted by atomic mass is 9.95. The van der Waals surface area contributed by atoms with Crippen LogP contribution < -0.4 is 26.6 Å². The summed E-state index contributed by atoms with van der Waals surface area (Å²) in [5.74, 6) is 2.42. The smallest absolute Gasteiger partial charge is 0.225 e. The SMILES string of the molecule is c1ccc2c(NC3CCNCC3)nc(NCc3cc(CCCNCCCNC4CCCCC4)on3)nc2c1. The van der Waals surface area contributed by atoms with Gasteiger partial charge in [0.05, 0.1) is 12.1 Å². The molecule has 2 fully saturated rings. The maximum atomic E-state index is 5.57. The number of nitrogens with one attached hydrogen (secondary N) is 5. The lowest BCUT2D eigenvalue weighted by molar-refractivity contribution is 0.369. The lowest BCUT2D eigenvalue weighted by Crippen LogP contribution is -2.35. The molecule has 0 atom stereocenters. The topological polar surface area (TPSA) is 112 Å². The summed E-state index contributed by atoms with van der Waals surface area (Å²) in [6.45, 7) is 5.77. The molecule has 1 aromatic carbocycles. The number of rotatable bonds is 14. The summed E-state index contributed by atoms with van der Waals surface area (Å²) in [6, 6.07) is 11.4. The molecule has 38 heavy (non-hydrogen) atoms. The molecule has 2 aromatic heterocycles. The number of aromatic nitrogens is 3. The molecule has 3 aromatic rings. The van der Waals surface area contributed by atoms with E-state index in [0.717, 1.165) is 92.6 Å². The van der Waals surface area contributed by atoms with Gasteiger partial charge in [-0.3, -0.25) is 0 Å². The van der Waals surface area contributed by atoms with E-state index < -0.39 is 0 Å². The molecule has 1 aliphatic carbocycles. The third-order valence-electron chi connectivity index (χ3n) is 7.66. The first-order valence-corrected chi connectivity index (χ1v) is 14.7. The molecule has 5 N–H and O–H groups in total. The molecule has 206 valence electrons. The van der Waals surface area contributed by atoms with Crippen LogP contribution in [0.25, 0.3) is 10.9 Å². The number of nitrogens with zero attached hydrogens (tertiary/aromatic N) is 3. The molecule has 2 aliphatic rings. The third-order valence-corrected chi connectivity index (χ3v) is 7.66. The van der Waals surface area contributed by atoms with Gasteiger partial charge in [0.25, 0.3) is 0 Å². The Morgan fingerprint density at radius 1 is 0.895 bits per heavy atom. The van der Waals surface area contributed by atoms with E-state index in [1.165, 1.54) is 38.5 Å². The Morgan fingerprint density at radius 2 is 1.74 bits per heavy atom. The van der Waals surface area contributed by atoms with Gasteiger partial charge in [-0.25, -0.2) is 4.98 Å². The molecular weight excluding hydrogens is 476 g/mol. The number of aryl methyl sites for hydroxylation is 1. The molecule has 9 heteroatoms. The Morgan fingerprint density at radius 3 is 2.63 bits per heavy atom. The molecule has 0 radical (unpaired) electrons. The van der Waals surface area contributed by atoms with Gasteiger partial charge >= 0.3 is 0 Å². The van der Waals surface area contributed by atoms with Crippen LogP contribution in [0.2, 0.25) is 0 Å². The van der Waals surface area contributed by atoms with Gasteiger partial charge in [0.2, 0.25) is 5.95 Å². The highest BCUT2D eigenvalue weighted by Crippen LogP contribution is 2.24. The van der Waals surface area contributed by atoms with Crippen LogP contribution >= 0.6 is 0 Å². The standard InChI is InChI=1S/C29H44N8O/c1-2-8-22(9-3-1)32-17-7-16-30-15-6-10-25-20-24(37-38-25)21-33-29-35-27-12-5-4-11-26(27)28(36-29)34-23-13-18-31-19-14-23/h4-5,11-12,20,22-23,30-32H,1-3,6-10,13-19,21H2,(H2,33,34,35,36). The highest BCUT2D eigenvalue weighted by Gasteiger charge is 2.16. The summed E-state index contributed by atoms with van der Waals surface area (Å²) < 4.78 is 5.57. The van der Waals surface area contributed by atoms with Gasteiger partial charge in [0.1, 0.15) is 17.3 Å². The minimum Gasteiger partial charge on any atom is -0.367 e. The second kappa shape index (κ2) is 14.4. The molecule has 0 bridgehead atoms. The molecule has 0 spiro atoms. The molecule has 0 unspecified atom stereocenters. The zero-order valence-electron chi connectivity index (χ0n) is 22.6. The van der Waals surface area contributed by atoms with Crippen molar-refractivity contribution in [1.82, 2.24) is 31.1 Å². The maximum Gasteiger partial charge on any atom is 0.225 e. The Labute approximate surface area is 226 Å². The number of fused-ring (bicyclic) bond motifs is 1. The van der Waals surface area contributed by atoms with Gasteiger partial charge in [0, 0.05) is 30.0 Å². The second-order valence-electron chi connectivity index (χ2n) is 10.7. The first kappa shape index (κ1) is 26.8. The largest absolute Gasteiger partial charge is 0.367 e. The van der Waals surface area contributed by atoms with Gasteiger partial charge in [-0.05, 0) is 83.4 Å². The van der Waals surface area contributed by atoms with Crippen molar-refractivity contribution in [2.75, 3.05) is 43.4 Å². The van der Waals surface area contributed by atoms with Gasteiger partial charge in [-0.15, -0.1) is 0 Å². The number of para-hydroxylation sites is 1. The summed E-state index contributed by atoms with van der Waals surface area (Å²) in [6.07, 6.45) is 12.2. The van der Waals surface area contributed by atoms with Gasteiger partial charge < -0.3 is 31.1 Å². The van der Waals surface area contributed by atoms with Gasteiger partial charge in [-0.1, -0.05) is 36.6 Å². The number of anilines is 2. The normalized spacial score (nSPS) is 17.2. The third kappa shape index (κ3) is 8.12. The van der Waals surface area contributed by atoms with Crippen LogP contribution in [0.5, 0.6) is 0 Å². The fourth-order valence-corrected chi connectivity index (χ4v) is 5.49. The molecule has 0 amide bonds. The average molecular weight is 521 g/mol. The zero-order valence-corrected chi connectivity index (χ0v) is 22.6. The van der Waals surface area contributed by atoms with E-state index in [9.17, 15) is 0 Å². The predicted octanol–water partition coefficient (Wildman–Crippen LogP) is 4.23. The van der Waals surface area contributed by atoms with E-state index in [-0.39, 0.29) is 0 Å². The average Bonchev–Trinajstić information content (AvgIpc) is 3.42. The van der Waals surface area contributed by atoms with Crippen LogP contribution in [0.4, 0.5) is 11.8 Å². The summed E-state index contributed by atoms with van der Waals surface area (Å²) >= 11 is 0. The first-order valence-electron chi connectivity index (χ1n) is 14.7. The Hall–Kier alpha value is -2.75. The molecular formula is C29H44N8O. The molecule has 9 nitrogen and oxygen atoms in total. The van der Waals surface area contributed by atoms with Crippen molar-refractivity contribution in [3.63, 3.8) is 0 Å². The summed E-state index contributed by atoms with van der Waals surface area (Å²) in [5, 5.41) is 23.0. The van der Waals surface area contributed by atoms with E-state index in [0.29, 0.717) is 18.5 Å².